The van der Waals surface area contributed by atoms with Crippen molar-refractivity contribution in [2.24, 2.45) is 5.92 Å². The standard InChI is InChI=1S/C12H13NO5/c14-12(18-10-3-1-2-5-13-10)17-9-7-16-11-8(9)4-6-15-11/h1-3,5,8-9,11H,4,6-7H2/t8-,9-,11+/m0/s1. The van der Waals surface area contributed by atoms with E-state index < -0.39 is 6.16 Å². The van der Waals surface area contributed by atoms with Gasteiger partial charge in [-0.1, -0.05) is 6.07 Å². The summed E-state index contributed by atoms with van der Waals surface area (Å²) in [6.45, 7) is 0.997. The van der Waals surface area contributed by atoms with E-state index in [-0.39, 0.29) is 24.2 Å². The fourth-order valence-electron chi connectivity index (χ4n) is 2.19. The van der Waals surface area contributed by atoms with Gasteiger partial charge in [-0.15, -0.1) is 0 Å². The molecular formula is C12H13NO5. The van der Waals surface area contributed by atoms with E-state index in [1.165, 1.54) is 0 Å². The molecule has 0 radical (unpaired) electrons. The largest absolute Gasteiger partial charge is 0.515 e. The Morgan fingerprint density at radius 3 is 3.17 bits per heavy atom. The number of hydrogen-bond acceptors (Lipinski definition) is 6. The first kappa shape index (κ1) is 11.4. The second kappa shape index (κ2) is 4.91. The van der Waals surface area contributed by atoms with Crippen LogP contribution in [0.1, 0.15) is 6.42 Å². The Hall–Kier alpha value is -1.66. The van der Waals surface area contributed by atoms with Gasteiger partial charge >= 0.3 is 6.16 Å². The lowest BCUT2D eigenvalue weighted by molar-refractivity contribution is -0.0907. The highest BCUT2D eigenvalue weighted by molar-refractivity contribution is 5.63. The van der Waals surface area contributed by atoms with Gasteiger partial charge in [0, 0.05) is 12.3 Å². The van der Waals surface area contributed by atoms with E-state index in [1.807, 2.05) is 0 Å². The van der Waals surface area contributed by atoms with Crippen molar-refractivity contribution in [3.8, 4) is 5.88 Å². The van der Waals surface area contributed by atoms with E-state index in [2.05, 4.69) is 4.98 Å². The minimum absolute atomic E-state index is 0.112. The highest BCUT2D eigenvalue weighted by atomic mass is 16.8. The number of fused-ring (bicyclic) bond motifs is 1. The van der Waals surface area contributed by atoms with Crippen molar-refractivity contribution in [3.63, 3.8) is 0 Å². The van der Waals surface area contributed by atoms with Gasteiger partial charge in [0.2, 0.25) is 5.88 Å². The molecule has 0 unspecified atom stereocenters. The number of nitrogens with zero attached hydrogens (tertiary/aromatic N) is 1. The molecule has 0 saturated carbocycles. The predicted octanol–water partition coefficient (Wildman–Crippen LogP) is 1.36. The average molecular weight is 251 g/mol. The van der Waals surface area contributed by atoms with Crippen LogP contribution in [-0.4, -0.2) is 36.7 Å². The van der Waals surface area contributed by atoms with E-state index in [0.29, 0.717) is 13.2 Å². The topological polar surface area (TPSA) is 66.9 Å². The molecule has 3 heterocycles. The van der Waals surface area contributed by atoms with E-state index in [0.717, 1.165) is 6.42 Å². The first-order valence-electron chi connectivity index (χ1n) is 5.85. The van der Waals surface area contributed by atoms with Gasteiger partial charge in [0.1, 0.15) is 6.10 Å². The highest BCUT2D eigenvalue weighted by Crippen LogP contribution is 2.33. The Morgan fingerprint density at radius 1 is 1.39 bits per heavy atom. The molecule has 1 aromatic rings. The van der Waals surface area contributed by atoms with E-state index in [9.17, 15) is 4.79 Å². The van der Waals surface area contributed by atoms with Gasteiger partial charge in [-0.25, -0.2) is 9.78 Å². The summed E-state index contributed by atoms with van der Waals surface area (Å²) in [7, 11) is 0. The van der Waals surface area contributed by atoms with Crippen molar-refractivity contribution in [1.29, 1.82) is 0 Å². The first-order valence-corrected chi connectivity index (χ1v) is 5.85. The Labute approximate surface area is 104 Å². The van der Waals surface area contributed by atoms with Gasteiger partial charge in [-0.2, -0.15) is 0 Å². The van der Waals surface area contributed by atoms with Crippen molar-refractivity contribution in [2.75, 3.05) is 13.2 Å². The smallest absolute Gasteiger partial charge is 0.428 e. The van der Waals surface area contributed by atoms with Crippen LogP contribution in [-0.2, 0) is 14.2 Å². The third kappa shape index (κ3) is 2.30. The molecule has 2 fully saturated rings. The molecule has 18 heavy (non-hydrogen) atoms. The molecule has 3 rings (SSSR count). The quantitative estimate of drug-likeness (QED) is 0.739. The molecular weight excluding hydrogens is 238 g/mol. The molecule has 0 N–H and O–H groups in total. The molecule has 6 heteroatoms. The predicted molar refractivity (Wildman–Crippen MR) is 58.9 cm³/mol. The lowest BCUT2D eigenvalue weighted by Crippen LogP contribution is -2.28. The molecule has 2 saturated heterocycles. The molecule has 0 bridgehead atoms. The molecule has 0 spiro atoms. The molecule has 0 amide bonds. The highest BCUT2D eigenvalue weighted by Gasteiger charge is 2.44. The lowest BCUT2D eigenvalue weighted by atomic mass is 10.0. The molecule has 2 aliphatic heterocycles. The zero-order chi connectivity index (χ0) is 12.4. The van der Waals surface area contributed by atoms with Crippen molar-refractivity contribution in [1.82, 2.24) is 4.98 Å². The molecule has 6 nitrogen and oxygen atoms in total. The minimum atomic E-state index is -0.755. The zero-order valence-corrected chi connectivity index (χ0v) is 9.65. The summed E-state index contributed by atoms with van der Waals surface area (Å²) in [6.07, 6.45) is 1.09. The number of carbonyl (C=O) groups is 1. The molecule has 0 aromatic carbocycles. The second-order valence-electron chi connectivity index (χ2n) is 4.20. The van der Waals surface area contributed by atoms with Gasteiger partial charge in [0.15, 0.2) is 6.29 Å². The van der Waals surface area contributed by atoms with Crippen molar-refractivity contribution in [2.45, 2.75) is 18.8 Å². The van der Waals surface area contributed by atoms with Crippen molar-refractivity contribution < 1.29 is 23.7 Å². The Morgan fingerprint density at radius 2 is 2.33 bits per heavy atom. The maximum Gasteiger partial charge on any atom is 0.515 e. The van der Waals surface area contributed by atoms with Crippen LogP contribution in [0.25, 0.3) is 0 Å². The van der Waals surface area contributed by atoms with Crippen LogP contribution in [0.5, 0.6) is 5.88 Å². The molecule has 2 aliphatic rings. The van der Waals surface area contributed by atoms with Gasteiger partial charge in [-0.05, 0) is 12.5 Å². The number of ether oxygens (including phenoxy) is 4. The first-order chi connectivity index (χ1) is 8.83. The van der Waals surface area contributed by atoms with Gasteiger partial charge < -0.3 is 18.9 Å². The third-order valence-electron chi connectivity index (χ3n) is 3.06. The number of hydrogen-bond donors (Lipinski definition) is 0. The lowest BCUT2D eigenvalue weighted by Gasteiger charge is -2.14. The van der Waals surface area contributed by atoms with Crippen LogP contribution in [0.15, 0.2) is 24.4 Å². The summed E-state index contributed by atoms with van der Waals surface area (Å²) in [6, 6.07) is 5.06. The summed E-state index contributed by atoms with van der Waals surface area (Å²) < 4.78 is 20.9. The number of aromatic nitrogens is 1. The fourth-order valence-corrected chi connectivity index (χ4v) is 2.19. The van der Waals surface area contributed by atoms with Gasteiger partial charge in [-0.3, -0.25) is 0 Å². The van der Waals surface area contributed by atoms with Crippen LogP contribution < -0.4 is 4.74 Å². The van der Waals surface area contributed by atoms with Crippen LogP contribution in [0, 0.1) is 5.92 Å². The van der Waals surface area contributed by atoms with Crippen LogP contribution in [0.3, 0.4) is 0 Å². The number of pyridine rings is 1. The maximum atomic E-state index is 11.6. The second-order valence-corrected chi connectivity index (χ2v) is 4.20. The van der Waals surface area contributed by atoms with Crippen molar-refractivity contribution in [3.05, 3.63) is 24.4 Å². The van der Waals surface area contributed by atoms with Gasteiger partial charge in [0.25, 0.3) is 0 Å². The molecule has 3 atom stereocenters. The van der Waals surface area contributed by atoms with E-state index in [1.54, 1.807) is 24.4 Å². The Bertz CT molecular complexity index is 424. The third-order valence-corrected chi connectivity index (χ3v) is 3.06. The summed E-state index contributed by atoms with van der Waals surface area (Å²) in [5.41, 5.74) is 0. The summed E-state index contributed by atoms with van der Waals surface area (Å²) in [5.74, 6) is 0.335. The molecule has 0 aliphatic carbocycles. The van der Waals surface area contributed by atoms with Crippen LogP contribution in [0.4, 0.5) is 4.79 Å². The SMILES string of the molecule is O=C(Oc1ccccn1)O[C@H]1CO[C@H]2OCC[C@H]21. The van der Waals surface area contributed by atoms with Crippen LogP contribution >= 0.6 is 0 Å². The molecule has 1 aromatic heterocycles. The maximum absolute atomic E-state index is 11.6. The Balaban J connectivity index is 1.55. The van der Waals surface area contributed by atoms with E-state index in [4.69, 9.17) is 18.9 Å². The zero-order valence-electron chi connectivity index (χ0n) is 9.65. The summed E-state index contributed by atoms with van der Waals surface area (Å²) in [4.78, 5) is 15.5. The Kier molecular flexibility index (Phi) is 3.12. The van der Waals surface area contributed by atoms with E-state index >= 15 is 0 Å². The summed E-state index contributed by atoms with van der Waals surface area (Å²) >= 11 is 0. The number of rotatable bonds is 2. The fraction of sp³-hybridized carbons (Fsp3) is 0.500. The number of carbonyl (C=O) groups excluding carboxylic acids is 1. The normalized spacial score (nSPS) is 29.9. The minimum Gasteiger partial charge on any atom is -0.428 e. The monoisotopic (exact) mass is 251 g/mol. The van der Waals surface area contributed by atoms with Crippen LogP contribution in [0.2, 0.25) is 0 Å². The summed E-state index contributed by atoms with van der Waals surface area (Å²) in [5, 5.41) is 0. The molecule has 96 valence electrons. The van der Waals surface area contributed by atoms with Gasteiger partial charge in [0.05, 0.1) is 19.1 Å². The average Bonchev–Trinajstić information content (AvgIpc) is 2.95. The van der Waals surface area contributed by atoms with Crippen molar-refractivity contribution >= 4 is 6.16 Å².